The van der Waals surface area contributed by atoms with Crippen LogP contribution in [-0.2, 0) is 6.54 Å². The number of aryl methyl sites for hydroxylation is 2. The molecule has 0 saturated heterocycles. The smallest absolute Gasteiger partial charge is 0.161 e. The zero-order chi connectivity index (χ0) is 13.8. The molecule has 1 atom stereocenters. The molecule has 0 aliphatic carbocycles. The number of methoxy groups -OCH3 is 1. The molecule has 104 valence electrons. The molecule has 0 bridgehead atoms. The monoisotopic (exact) mass is 279 g/mol. The van der Waals surface area contributed by atoms with E-state index in [-0.39, 0.29) is 6.04 Å². The molecule has 5 heteroatoms. The van der Waals surface area contributed by atoms with Crippen LogP contribution in [0.1, 0.15) is 36.2 Å². The van der Waals surface area contributed by atoms with Crippen LogP contribution < -0.4 is 10.1 Å². The highest BCUT2D eigenvalue weighted by Gasteiger charge is 2.23. The van der Waals surface area contributed by atoms with E-state index in [1.54, 1.807) is 24.6 Å². The number of rotatable bonds is 6. The molecule has 2 aromatic rings. The van der Waals surface area contributed by atoms with Crippen molar-refractivity contribution in [3.8, 4) is 5.75 Å². The second kappa shape index (κ2) is 6.21. The Kier molecular flexibility index (Phi) is 4.61. The molecule has 0 aliphatic rings. The minimum Gasteiger partial charge on any atom is -0.493 e. The summed E-state index contributed by atoms with van der Waals surface area (Å²) >= 11 is 1.73. The van der Waals surface area contributed by atoms with Crippen LogP contribution in [0.2, 0.25) is 0 Å². The van der Waals surface area contributed by atoms with Gasteiger partial charge in [0.2, 0.25) is 0 Å². The lowest BCUT2D eigenvalue weighted by Gasteiger charge is -2.19. The van der Waals surface area contributed by atoms with Crippen molar-refractivity contribution in [2.24, 2.45) is 0 Å². The quantitative estimate of drug-likeness (QED) is 0.883. The third-order valence-electron chi connectivity index (χ3n) is 3.27. The van der Waals surface area contributed by atoms with E-state index in [1.165, 1.54) is 11.1 Å². The first kappa shape index (κ1) is 14.1. The van der Waals surface area contributed by atoms with Crippen molar-refractivity contribution in [1.29, 1.82) is 0 Å². The molecule has 1 unspecified atom stereocenters. The van der Waals surface area contributed by atoms with Gasteiger partial charge in [0.1, 0.15) is 5.69 Å². The van der Waals surface area contributed by atoms with Crippen LogP contribution in [0.3, 0.4) is 0 Å². The van der Waals surface area contributed by atoms with Gasteiger partial charge in [0.25, 0.3) is 0 Å². The van der Waals surface area contributed by atoms with Crippen molar-refractivity contribution in [3.63, 3.8) is 0 Å². The largest absolute Gasteiger partial charge is 0.493 e. The first-order valence-electron chi connectivity index (χ1n) is 6.52. The van der Waals surface area contributed by atoms with Gasteiger partial charge in [0.15, 0.2) is 5.75 Å². The van der Waals surface area contributed by atoms with Crippen LogP contribution in [-0.4, -0.2) is 23.9 Å². The lowest BCUT2D eigenvalue weighted by molar-refractivity contribution is 0.400. The van der Waals surface area contributed by atoms with Crippen molar-refractivity contribution >= 4 is 11.3 Å². The van der Waals surface area contributed by atoms with Gasteiger partial charge in [-0.25, -0.2) is 0 Å². The zero-order valence-electron chi connectivity index (χ0n) is 11.9. The summed E-state index contributed by atoms with van der Waals surface area (Å²) in [5, 5.41) is 12.2. The van der Waals surface area contributed by atoms with E-state index < -0.39 is 0 Å². The first-order chi connectivity index (χ1) is 9.22. The Morgan fingerprint density at radius 3 is 2.79 bits per heavy atom. The molecule has 19 heavy (non-hydrogen) atoms. The Labute approximate surface area is 118 Å². The zero-order valence-corrected chi connectivity index (χ0v) is 12.8. The average molecular weight is 279 g/mol. The number of nitrogens with one attached hydrogen (secondary N) is 1. The molecule has 4 nitrogen and oxygen atoms in total. The minimum atomic E-state index is 0.121. The molecule has 0 saturated carbocycles. The highest BCUT2D eigenvalue weighted by Crippen LogP contribution is 2.33. The summed E-state index contributed by atoms with van der Waals surface area (Å²) in [6.45, 7) is 5.20. The molecule has 2 heterocycles. The van der Waals surface area contributed by atoms with Crippen LogP contribution in [0.25, 0.3) is 0 Å². The van der Waals surface area contributed by atoms with Crippen LogP contribution in [0.5, 0.6) is 5.75 Å². The van der Waals surface area contributed by atoms with Crippen molar-refractivity contribution in [1.82, 2.24) is 15.1 Å². The SMILES string of the molecule is CCCn1ncc(OC)c1C(NC)c1cscc1C. The number of aromatic nitrogens is 2. The van der Waals surface area contributed by atoms with Crippen LogP contribution in [0.15, 0.2) is 17.0 Å². The third-order valence-corrected chi connectivity index (χ3v) is 4.15. The molecular formula is C14H21N3OS. The van der Waals surface area contributed by atoms with Gasteiger partial charge in [-0.15, -0.1) is 0 Å². The maximum Gasteiger partial charge on any atom is 0.161 e. The van der Waals surface area contributed by atoms with Crippen molar-refractivity contribution < 1.29 is 4.74 Å². The van der Waals surface area contributed by atoms with E-state index in [0.29, 0.717) is 0 Å². The van der Waals surface area contributed by atoms with E-state index in [2.05, 4.69) is 35.0 Å². The predicted octanol–water partition coefficient (Wildman–Crippen LogP) is 2.98. The fourth-order valence-corrected chi connectivity index (χ4v) is 3.20. The Morgan fingerprint density at radius 1 is 1.47 bits per heavy atom. The van der Waals surface area contributed by atoms with Crippen molar-refractivity contribution in [2.45, 2.75) is 32.9 Å². The van der Waals surface area contributed by atoms with Gasteiger partial charge in [-0.3, -0.25) is 4.68 Å². The molecular weight excluding hydrogens is 258 g/mol. The summed E-state index contributed by atoms with van der Waals surface area (Å²) < 4.78 is 7.51. The summed E-state index contributed by atoms with van der Waals surface area (Å²) in [6, 6.07) is 0.121. The van der Waals surface area contributed by atoms with Gasteiger partial charge in [-0.1, -0.05) is 6.92 Å². The van der Waals surface area contributed by atoms with E-state index in [1.807, 2.05) is 11.7 Å². The van der Waals surface area contributed by atoms with E-state index >= 15 is 0 Å². The molecule has 0 fully saturated rings. The summed E-state index contributed by atoms with van der Waals surface area (Å²) in [6.07, 6.45) is 2.86. The Hall–Kier alpha value is -1.33. The average Bonchev–Trinajstić information content (AvgIpc) is 3.00. The normalized spacial score (nSPS) is 12.6. The second-order valence-electron chi connectivity index (χ2n) is 4.55. The molecule has 0 aromatic carbocycles. The van der Waals surface area contributed by atoms with E-state index in [9.17, 15) is 0 Å². The van der Waals surface area contributed by atoms with E-state index in [0.717, 1.165) is 24.4 Å². The Balaban J connectivity index is 2.48. The van der Waals surface area contributed by atoms with E-state index in [4.69, 9.17) is 4.74 Å². The molecule has 0 amide bonds. The fraction of sp³-hybridized carbons (Fsp3) is 0.500. The Morgan fingerprint density at radius 2 is 2.26 bits per heavy atom. The number of thiophene rings is 1. The van der Waals surface area contributed by atoms with Gasteiger partial charge >= 0.3 is 0 Å². The lowest BCUT2D eigenvalue weighted by atomic mass is 10.0. The number of hydrogen-bond donors (Lipinski definition) is 1. The van der Waals surface area contributed by atoms with Crippen molar-refractivity contribution in [2.75, 3.05) is 14.2 Å². The second-order valence-corrected chi connectivity index (χ2v) is 5.30. The van der Waals surface area contributed by atoms with Crippen LogP contribution in [0, 0.1) is 6.92 Å². The summed E-state index contributed by atoms with van der Waals surface area (Å²) in [7, 11) is 3.68. The fourth-order valence-electron chi connectivity index (χ4n) is 2.32. The summed E-state index contributed by atoms with van der Waals surface area (Å²) in [5.41, 5.74) is 3.70. The van der Waals surface area contributed by atoms with Gasteiger partial charge < -0.3 is 10.1 Å². The third kappa shape index (κ3) is 2.67. The van der Waals surface area contributed by atoms with Crippen LogP contribution >= 0.6 is 11.3 Å². The van der Waals surface area contributed by atoms with Crippen molar-refractivity contribution in [3.05, 3.63) is 33.8 Å². The molecule has 0 aliphatic heterocycles. The maximum atomic E-state index is 5.47. The van der Waals surface area contributed by atoms with Gasteiger partial charge in [-0.05, 0) is 42.3 Å². The van der Waals surface area contributed by atoms with Gasteiger partial charge in [-0.2, -0.15) is 16.4 Å². The molecule has 0 spiro atoms. The lowest BCUT2D eigenvalue weighted by Crippen LogP contribution is -2.22. The molecule has 2 rings (SSSR count). The number of hydrogen-bond acceptors (Lipinski definition) is 4. The number of ether oxygens (including phenoxy) is 1. The topological polar surface area (TPSA) is 39.1 Å². The van der Waals surface area contributed by atoms with Gasteiger partial charge in [0.05, 0.1) is 19.3 Å². The number of nitrogens with zero attached hydrogens (tertiary/aromatic N) is 2. The standard InChI is InChI=1S/C14H21N3OS/c1-5-6-17-14(12(18-4)7-16-17)13(15-3)11-9-19-8-10(11)2/h7-9,13,15H,5-6H2,1-4H3. The maximum absolute atomic E-state index is 5.47. The molecule has 2 aromatic heterocycles. The molecule has 0 radical (unpaired) electrons. The summed E-state index contributed by atoms with van der Waals surface area (Å²) in [4.78, 5) is 0. The van der Waals surface area contributed by atoms with Crippen LogP contribution in [0.4, 0.5) is 0 Å². The highest BCUT2D eigenvalue weighted by atomic mass is 32.1. The minimum absolute atomic E-state index is 0.121. The van der Waals surface area contributed by atoms with Gasteiger partial charge in [0, 0.05) is 6.54 Å². The summed E-state index contributed by atoms with van der Waals surface area (Å²) in [5.74, 6) is 0.846. The Bertz CT molecular complexity index is 533. The highest BCUT2D eigenvalue weighted by molar-refractivity contribution is 7.08. The predicted molar refractivity (Wildman–Crippen MR) is 79.0 cm³/mol. The first-order valence-corrected chi connectivity index (χ1v) is 7.46. The molecule has 1 N–H and O–H groups in total.